The van der Waals surface area contributed by atoms with E-state index in [9.17, 15) is 20.4 Å². The third-order valence-electron chi connectivity index (χ3n) is 22.0. The molecular weight excluding hydrogens is 1190 g/mol. The number of aliphatic hydroxyl groups is 4. The Kier molecular flexibility index (Phi) is 21.3. The van der Waals surface area contributed by atoms with Crippen LogP contribution in [-0.2, 0) is 64.2 Å². The third-order valence-corrected chi connectivity index (χ3v) is 22.0. The van der Waals surface area contributed by atoms with Crippen LogP contribution >= 0.6 is 0 Å². The smallest absolute Gasteiger partial charge is 0.0686 e. The molecule has 0 saturated heterocycles. The Morgan fingerprint density at radius 2 is 0.510 bits per heavy atom. The molecule has 0 fully saturated rings. The van der Waals surface area contributed by atoms with Crippen LogP contribution in [0.25, 0.3) is 24.3 Å². The van der Waals surface area contributed by atoms with Crippen LogP contribution in [0, 0.1) is 55.4 Å². The number of hydrogen-bond acceptors (Lipinski definition) is 8. The standard InChI is InChI=1S/C82H106N10O4/c1-17-55-56(18-2)76-40-80-60(26-22-30-94)44(6)72(88-80)36-68-48(10)64(52(14)84-68)34-66-50(12)70(86-54(66)16)38-74-46(8)62(28-24-32-96)82(90-74)42-78-58(20-4)57(19-3)77(92-78)41-81-61(27-23-31-95)45(7)73(89-81)37-69-49(11)65(53(15)85-69)33-63-47(9)67(83-51(63)13)35-71-43(5)59(25-21-29-93)79(87-71)39-75(55)91-76/h35-38,83-86,91-96H,17-34,39-42H2,1-16H3/b71-35-,72-36-,73-37-,74-38+. The molecule has 0 aromatic carbocycles. The summed E-state index contributed by atoms with van der Waals surface area (Å²) in [5.74, 6) is 0. The summed E-state index contributed by atoms with van der Waals surface area (Å²) in [6.45, 7) is 36.0. The number of rotatable bonds is 16. The van der Waals surface area contributed by atoms with Gasteiger partial charge in [0.25, 0.3) is 0 Å². The maximum Gasteiger partial charge on any atom is 0.0686 e. The van der Waals surface area contributed by atoms with Gasteiger partial charge in [0.2, 0.25) is 0 Å². The van der Waals surface area contributed by atoms with Gasteiger partial charge in [-0.1, -0.05) is 27.7 Å². The summed E-state index contributed by atoms with van der Waals surface area (Å²) in [5.41, 5.74) is 46.3. The van der Waals surface area contributed by atoms with Gasteiger partial charge in [-0.3, -0.25) is 20.0 Å². The fraction of sp³-hybridized carbons (Fsp3) is 0.463. The van der Waals surface area contributed by atoms with E-state index in [1.807, 2.05) is 0 Å². The third kappa shape index (κ3) is 13.4. The molecule has 508 valence electrons. The Balaban J connectivity index is 1.04. The highest BCUT2D eigenvalue weighted by atomic mass is 16.3. The Morgan fingerprint density at radius 1 is 0.302 bits per heavy atom. The molecule has 5 aliphatic rings. The molecule has 14 nitrogen and oxygen atoms in total. The first-order valence-corrected chi connectivity index (χ1v) is 35.8. The van der Waals surface area contributed by atoms with Crippen LogP contribution in [0.1, 0.15) is 242 Å². The number of aliphatic hydroxyl groups excluding tert-OH is 4. The molecule has 6 aromatic heterocycles. The number of hydrogen-bond donors (Lipinski definition) is 10. The number of aromatic nitrogens is 6. The van der Waals surface area contributed by atoms with E-state index in [4.69, 9.17) is 20.0 Å². The monoisotopic (exact) mass is 1290 g/mol. The zero-order valence-electron chi connectivity index (χ0n) is 60.4. The van der Waals surface area contributed by atoms with Crippen LogP contribution in [0.3, 0.4) is 0 Å². The molecule has 96 heavy (non-hydrogen) atoms. The van der Waals surface area contributed by atoms with E-state index in [1.54, 1.807) is 0 Å². The number of aromatic amines is 6. The van der Waals surface area contributed by atoms with E-state index in [2.05, 4.69) is 165 Å². The SMILES string of the molecule is CCc1c2[nH]c(c1CC)CC1=N/C(=C\c3[nH]c(C)c(c3C)Cc3c(C)[nH]c(c3C)/C=C3/N=C(Cc4[nH]c(c(CC)c4CC)CC4=N/C(=C\c5[nH]c(C)c(c5C)Cc5c(C)[nH]c(c5C)/C=C5\N=C(C2)C(CCCO)=C5C)C(C)=C4CCCO)C(CCCO)=C3C)C(C)=C1CCCO. The Hall–Kier alpha value is -7.88. The van der Waals surface area contributed by atoms with Crippen molar-refractivity contribution in [1.29, 1.82) is 0 Å². The first-order valence-electron chi connectivity index (χ1n) is 35.8. The van der Waals surface area contributed by atoms with Gasteiger partial charge in [0.1, 0.15) is 0 Å². The van der Waals surface area contributed by atoms with Gasteiger partial charge in [-0.25, -0.2) is 0 Å². The predicted octanol–water partition coefficient (Wildman–Crippen LogP) is 16.4. The highest BCUT2D eigenvalue weighted by Gasteiger charge is 2.31. The van der Waals surface area contributed by atoms with Crippen molar-refractivity contribution in [3.05, 3.63) is 202 Å². The lowest BCUT2D eigenvalue weighted by atomic mass is 9.94. The minimum Gasteiger partial charge on any atom is -0.396 e. The number of fused-ring (bicyclic) bond motifs is 16. The molecule has 6 aromatic rings. The van der Waals surface area contributed by atoms with Crippen LogP contribution in [0.2, 0.25) is 0 Å². The van der Waals surface area contributed by atoms with Crippen molar-refractivity contribution in [3.63, 3.8) is 0 Å². The average molecular weight is 1300 g/mol. The summed E-state index contributed by atoms with van der Waals surface area (Å²) in [5, 5.41) is 40.9. The van der Waals surface area contributed by atoms with Crippen molar-refractivity contribution >= 4 is 47.2 Å². The van der Waals surface area contributed by atoms with Gasteiger partial charge < -0.3 is 50.3 Å². The fourth-order valence-electron chi connectivity index (χ4n) is 16.3. The second-order valence-corrected chi connectivity index (χ2v) is 27.7. The molecule has 0 atom stereocenters. The van der Waals surface area contributed by atoms with Crippen LogP contribution in [0.5, 0.6) is 0 Å². The molecule has 11 rings (SSSR count). The average Bonchev–Trinajstić information content (AvgIpc) is 1.64. The van der Waals surface area contributed by atoms with E-state index in [1.165, 1.54) is 112 Å². The van der Waals surface area contributed by atoms with Crippen molar-refractivity contribution in [1.82, 2.24) is 29.9 Å². The highest BCUT2D eigenvalue weighted by Crippen LogP contribution is 2.41. The van der Waals surface area contributed by atoms with E-state index in [0.717, 1.165) is 178 Å². The first kappa shape index (κ1) is 69.5. The summed E-state index contributed by atoms with van der Waals surface area (Å²) in [4.78, 5) is 45.2. The van der Waals surface area contributed by atoms with Gasteiger partial charge >= 0.3 is 0 Å². The Labute approximate surface area is 569 Å². The van der Waals surface area contributed by atoms with Gasteiger partial charge in [-0.15, -0.1) is 0 Å². The number of H-pyrrole nitrogens is 6. The predicted molar refractivity (Wildman–Crippen MR) is 398 cm³/mol. The molecule has 0 aliphatic carbocycles. The largest absolute Gasteiger partial charge is 0.396 e. The van der Waals surface area contributed by atoms with Crippen molar-refractivity contribution in [3.8, 4) is 0 Å². The lowest BCUT2D eigenvalue weighted by Crippen LogP contribution is -2.09. The zero-order chi connectivity index (χ0) is 68.5. The second-order valence-electron chi connectivity index (χ2n) is 27.7. The van der Waals surface area contributed by atoms with Crippen LogP contribution in [-0.4, -0.2) is 99.6 Å². The van der Waals surface area contributed by atoms with E-state index in [-0.39, 0.29) is 26.4 Å². The summed E-state index contributed by atoms with van der Waals surface area (Å²) in [7, 11) is 0. The molecule has 20 bridgehead atoms. The van der Waals surface area contributed by atoms with E-state index < -0.39 is 0 Å². The molecule has 0 radical (unpaired) electrons. The maximum absolute atomic E-state index is 10.2. The molecule has 0 amide bonds. The van der Waals surface area contributed by atoms with Gasteiger partial charge in [-0.2, -0.15) is 0 Å². The Morgan fingerprint density at radius 3 is 0.698 bits per heavy atom. The topological polar surface area (TPSA) is 225 Å². The first-order chi connectivity index (χ1) is 46.2. The number of aliphatic imine (C=N–C) groups is 4. The lowest BCUT2D eigenvalue weighted by molar-refractivity contribution is 0.288. The Bertz CT molecular complexity index is 3900. The molecule has 0 spiro atoms. The quantitative estimate of drug-likeness (QED) is 0.0456. The van der Waals surface area contributed by atoms with Gasteiger partial charge in [0.05, 0.1) is 45.6 Å². The molecule has 0 saturated carbocycles. The van der Waals surface area contributed by atoms with Crippen LogP contribution in [0.15, 0.2) is 87.3 Å². The van der Waals surface area contributed by atoms with Crippen LogP contribution < -0.4 is 0 Å². The number of nitrogens with one attached hydrogen (secondary N) is 6. The number of aryl methyl sites for hydroxylation is 4. The van der Waals surface area contributed by atoms with Crippen molar-refractivity contribution in [2.75, 3.05) is 26.4 Å². The second kappa shape index (κ2) is 29.5. The van der Waals surface area contributed by atoms with Crippen molar-refractivity contribution < 1.29 is 20.4 Å². The van der Waals surface area contributed by atoms with Crippen molar-refractivity contribution in [2.24, 2.45) is 20.0 Å². The summed E-state index contributed by atoms with van der Waals surface area (Å²) in [6.07, 6.45) is 22.2. The van der Waals surface area contributed by atoms with Crippen LogP contribution in [0.4, 0.5) is 0 Å². The minimum absolute atomic E-state index is 0.112. The lowest BCUT2D eigenvalue weighted by Gasteiger charge is -2.09. The molecule has 5 aliphatic heterocycles. The molecule has 11 heterocycles. The summed E-state index contributed by atoms with van der Waals surface area (Å²) in [6, 6.07) is 0. The summed E-state index contributed by atoms with van der Waals surface area (Å²) < 4.78 is 0. The number of allylic oxidation sites excluding steroid dienone is 8. The zero-order valence-corrected chi connectivity index (χ0v) is 60.4. The normalized spacial score (nSPS) is 18.6. The van der Waals surface area contributed by atoms with Gasteiger partial charge in [-0.05, 0) is 296 Å². The maximum atomic E-state index is 10.2. The highest BCUT2D eigenvalue weighted by molar-refractivity contribution is 6.09. The number of nitrogens with zero attached hydrogens (tertiary/aromatic N) is 4. The fourth-order valence-corrected chi connectivity index (χ4v) is 16.3. The minimum atomic E-state index is 0.112. The van der Waals surface area contributed by atoms with Gasteiger partial charge in [0.15, 0.2) is 0 Å². The van der Waals surface area contributed by atoms with E-state index in [0.29, 0.717) is 51.4 Å². The molecular formula is C82H106N10O4. The van der Waals surface area contributed by atoms with Crippen molar-refractivity contribution in [2.45, 2.75) is 226 Å². The van der Waals surface area contributed by atoms with Gasteiger partial charge in [0, 0.05) is 133 Å². The molecule has 14 heteroatoms. The summed E-state index contributed by atoms with van der Waals surface area (Å²) >= 11 is 0. The molecule has 0 unspecified atom stereocenters. The molecule has 10 N–H and O–H groups in total. The van der Waals surface area contributed by atoms with E-state index >= 15 is 0 Å².